The summed E-state index contributed by atoms with van der Waals surface area (Å²) in [6.45, 7) is 2.37. The number of halogens is 1. The van der Waals surface area contributed by atoms with Crippen LogP contribution in [0.4, 0.5) is 0 Å². The highest BCUT2D eigenvalue weighted by molar-refractivity contribution is 6.17. The Labute approximate surface area is 130 Å². The van der Waals surface area contributed by atoms with E-state index in [9.17, 15) is 0 Å². The first kappa shape index (κ1) is 15.4. The van der Waals surface area contributed by atoms with Crippen LogP contribution in [0.3, 0.4) is 0 Å². The molecular weight excluding hydrogens is 284 g/mol. The number of alkyl halides is 1. The molecule has 21 heavy (non-hydrogen) atoms. The van der Waals surface area contributed by atoms with Gasteiger partial charge in [-0.05, 0) is 24.3 Å². The predicted octanol–water partition coefficient (Wildman–Crippen LogP) is 4.40. The number of rotatable bonds is 3. The van der Waals surface area contributed by atoms with Crippen LogP contribution in [0, 0.1) is 0 Å². The van der Waals surface area contributed by atoms with E-state index in [0.717, 1.165) is 28.5 Å². The molecule has 0 aliphatic carbocycles. The average Bonchev–Trinajstić information content (AvgIpc) is 2.84. The maximum absolute atomic E-state index is 5.72. The van der Waals surface area contributed by atoms with Crippen molar-refractivity contribution in [1.82, 2.24) is 9.55 Å². The fraction of sp³-hybridized carbons (Fsp3) is 0.235. The van der Waals surface area contributed by atoms with Gasteiger partial charge in [0.2, 0.25) is 0 Å². The first-order chi connectivity index (χ1) is 10.3. The number of imidazole rings is 1. The first-order valence-corrected chi connectivity index (χ1v) is 7.43. The standard InChI is InChI=1S/C15H14N2O.C2H5Cl/c1-17-14-10-6-5-9-13(14)16-15(17)11-18-12-7-3-2-4-8-12;1-2-3/h2-10H,11H2,1H3;2H2,1H3. The van der Waals surface area contributed by atoms with Gasteiger partial charge in [-0.1, -0.05) is 37.3 Å². The lowest BCUT2D eigenvalue weighted by Gasteiger charge is -2.05. The minimum absolute atomic E-state index is 0.481. The van der Waals surface area contributed by atoms with E-state index in [4.69, 9.17) is 16.3 Å². The fourth-order valence-corrected chi connectivity index (χ4v) is 1.99. The van der Waals surface area contributed by atoms with Gasteiger partial charge in [0, 0.05) is 12.9 Å². The zero-order chi connectivity index (χ0) is 15.1. The van der Waals surface area contributed by atoms with E-state index in [1.165, 1.54) is 0 Å². The van der Waals surface area contributed by atoms with Gasteiger partial charge in [-0.25, -0.2) is 4.98 Å². The Morgan fingerprint density at radius 2 is 1.67 bits per heavy atom. The summed E-state index contributed by atoms with van der Waals surface area (Å²) < 4.78 is 7.79. The molecular formula is C17H19ClN2O. The normalized spacial score (nSPS) is 10.0. The summed E-state index contributed by atoms with van der Waals surface area (Å²) in [5.41, 5.74) is 2.14. The zero-order valence-electron chi connectivity index (χ0n) is 12.3. The molecule has 0 saturated heterocycles. The van der Waals surface area contributed by atoms with Crippen molar-refractivity contribution in [2.24, 2.45) is 7.05 Å². The molecule has 0 amide bonds. The number of hydrogen-bond donors (Lipinski definition) is 0. The number of ether oxygens (including phenoxy) is 1. The number of benzene rings is 2. The second-order valence-corrected chi connectivity index (χ2v) is 4.98. The highest BCUT2D eigenvalue weighted by atomic mass is 35.5. The number of nitrogens with zero attached hydrogens (tertiary/aromatic N) is 2. The quantitative estimate of drug-likeness (QED) is 0.671. The molecule has 110 valence electrons. The van der Waals surface area contributed by atoms with Crippen molar-refractivity contribution >= 4 is 22.6 Å². The van der Waals surface area contributed by atoms with Crippen LogP contribution in [0.5, 0.6) is 5.75 Å². The Kier molecular flexibility index (Phi) is 5.64. The maximum atomic E-state index is 5.72. The van der Waals surface area contributed by atoms with Gasteiger partial charge >= 0.3 is 0 Å². The summed E-state index contributed by atoms with van der Waals surface area (Å²) in [6, 6.07) is 17.9. The van der Waals surface area contributed by atoms with E-state index in [2.05, 4.69) is 15.6 Å². The fourth-order valence-electron chi connectivity index (χ4n) is 1.99. The van der Waals surface area contributed by atoms with Crippen LogP contribution in [0.25, 0.3) is 11.0 Å². The zero-order valence-corrected chi connectivity index (χ0v) is 13.0. The molecule has 1 heterocycles. The molecule has 1 aromatic heterocycles. The summed E-state index contributed by atoms with van der Waals surface area (Å²) in [4.78, 5) is 4.57. The van der Waals surface area contributed by atoms with E-state index in [1.807, 2.05) is 62.5 Å². The van der Waals surface area contributed by atoms with Crippen molar-refractivity contribution in [3.8, 4) is 5.75 Å². The van der Waals surface area contributed by atoms with E-state index in [1.54, 1.807) is 0 Å². The highest BCUT2D eigenvalue weighted by Crippen LogP contribution is 2.16. The molecule has 0 unspecified atom stereocenters. The third-order valence-corrected chi connectivity index (χ3v) is 2.99. The van der Waals surface area contributed by atoms with Crippen LogP contribution in [0.15, 0.2) is 54.6 Å². The summed E-state index contributed by atoms with van der Waals surface area (Å²) in [5, 5.41) is 0. The SMILES string of the molecule is CCCl.Cn1c(COc2ccccc2)nc2ccccc21. The third kappa shape index (κ3) is 3.99. The molecule has 0 radical (unpaired) electrons. The van der Waals surface area contributed by atoms with E-state index >= 15 is 0 Å². The molecule has 0 atom stereocenters. The molecule has 0 saturated carbocycles. The molecule has 0 spiro atoms. The van der Waals surface area contributed by atoms with Crippen LogP contribution >= 0.6 is 11.6 Å². The van der Waals surface area contributed by atoms with Gasteiger partial charge in [0.25, 0.3) is 0 Å². The van der Waals surface area contributed by atoms with Crippen LogP contribution in [0.2, 0.25) is 0 Å². The lowest BCUT2D eigenvalue weighted by atomic mass is 10.3. The van der Waals surface area contributed by atoms with E-state index in [0.29, 0.717) is 6.61 Å². The van der Waals surface area contributed by atoms with E-state index < -0.39 is 0 Å². The first-order valence-electron chi connectivity index (χ1n) is 6.90. The van der Waals surface area contributed by atoms with Gasteiger partial charge in [-0.2, -0.15) is 0 Å². The van der Waals surface area contributed by atoms with Gasteiger partial charge in [0.15, 0.2) is 0 Å². The van der Waals surface area contributed by atoms with Crippen molar-refractivity contribution < 1.29 is 4.74 Å². The van der Waals surface area contributed by atoms with Crippen LogP contribution in [-0.2, 0) is 13.7 Å². The molecule has 0 fully saturated rings. The molecule has 4 heteroatoms. The monoisotopic (exact) mass is 302 g/mol. The molecule has 3 aromatic rings. The third-order valence-electron chi connectivity index (χ3n) is 2.99. The van der Waals surface area contributed by atoms with Crippen molar-refractivity contribution in [3.63, 3.8) is 0 Å². The Morgan fingerprint density at radius 3 is 2.33 bits per heavy atom. The molecule has 2 aromatic carbocycles. The van der Waals surface area contributed by atoms with Crippen molar-refractivity contribution in [2.75, 3.05) is 5.88 Å². The number of aryl methyl sites for hydroxylation is 1. The Hall–Kier alpha value is -2.00. The Balaban J connectivity index is 0.000000497. The topological polar surface area (TPSA) is 27.1 Å². The largest absolute Gasteiger partial charge is 0.486 e. The van der Waals surface area contributed by atoms with Gasteiger partial charge in [-0.3, -0.25) is 0 Å². The number of aromatic nitrogens is 2. The molecule has 0 aliphatic rings. The van der Waals surface area contributed by atoms with Gasteiger partial charge in [-0.15, -0.1) is 11.6 Å². The Bertz CT molecular complexity index is 680. The van der Waals surface area contributed by atoms with Gasteiger partial charge in [0.1, 0.15) is 18.2 Å². The summed E-state index contributed by atoms with van der Waals surface area (Å²) >= 11 is 5.00. The highest BCUT2D eigenvalue weighted by Gasteiger charge is 2.07. The molecule has 0 bridgehead atoms. The number of hydrogen-bond acceptors (Lipinski definition) is 2. The second-order valence-electron chi connectivity index (χ2n) is 4.44. The minimum atomic E-state index is 0.481. The maximum Gasteiger partial charge on any atom is 0.147 e. The van der Waals surface area contributed by atoms with Crippen molar-refractivity contribution in [2.45, 2.75) is 13.5 Å². The van der Waals surface area contributed by atoms with Gasteiger partial charge < -0.3 is 9.30 Å². The number of para-hydroxylation sites is 3. The predicted molar refractivity (Wildman–Crippen MR) is 87.9 cm³/mol. The summed E-state index contributed by atoms with van der Waals surface area (Å²) in [5.74, 6) is 2.52. The van der Waals surface area contributed by atoms with Crippen molar-refractivity contribution in [1.29, 1.82) is 0 Å². The summed E-state index contributed by atoms with van der Waals surface area (Å²) in [7, 11) is 2.01. The smallest absolute Gasteiger partial charge is 0.147 e. The average molecular weight is 303 g/mol. The molecule has 0 aliphatic heterocycles. The summed E-state index contributed by atoms with van der Waals surface area (Å²) in [6.07, 6.45) is 0. The number of fused-ring (bicyclic) bond motifs is 1. The second kappa shape index (κ2) is 7.70. The molecule has 0 N–H and O–H groups in total. The lowest BCUT2D eigenvalue weighted by molar-refractivity contribution is 0.292. The lowest BCUT2D eigenvalue weighted by Crippen LogP contribution is -2.03. The molecule has 3 nitrogen and oxygen atoms in total. The van der Waals surface area contributed by atoms with Crippen molar-refractivity contribution in [3.05, 3.63) is 60.4 Å². The van der Waals surface area contributed by atoms with E-state index in [-0.39, 0.29) is 0 Å². The Morgan fingerprint density at radius 1 is 1.05 bits per heavy atom. The minimum Gasteiger partial charge on any atom is -0.486 e. The molecule has 3 rings (SSSR count). The van der Waals surface area contributed by atoms with Gasteiger partial charge in [0.05, 0.1) is 11.0 Å². The van der Waals surface area contributed by atoms with Crippen LogP contribution in [-0.4, -0.2) is 15.4 Å². The van der Waals surface area contributed by atoms with Crippen LogP contribution < -0.4 is 4.74 Å². The van der Waals surface area contributed by atoms with Crippen LogP contribution in [0.1, 0.15) is 12.7 Å².